The molecule has 1 aliphatic carbocycles. The monoisotopic (exact) mass is 226 g/mol. The summed E-state index contributed by atoms with van der Waals surface area (Å²) in [6, 6.07) is 0.709. The Morgan fingerprint density at radius 2 is 2.19 bits per heavy atom. The quantitative estimate of drug-likeness (QED) is 0.720. The van der Waals surface area contributed by atoms with Crippen LogP contribution in [0.3, 0.4) is 0 Å². The van der Waals surface area contributed by atoms with Gasteiger partial charge in [0.15, 0.2) is 0 Å². The molecule has 1 heterocycles. The molecule has 0 aromatic carbocycles. The van der Waals surface area contributed by atoms with Crippen LogP contribution in [0.15, 0.2) is 0 Å². The van der Waals surface area contributed by atoms with Gasteiger partial charge in [0, 0.05) is 25.7 Å². The van der Waals surface area contributed by atoms with E-state index in [1.165, 1.54) is 45.3 Å². The van der Waals surface area contributed by atoms with Gasteiger partial charge in [-0.05, 0) is 44.6 Å². The van der Waals surface area contributed by atoms with Crippen molar-refractivity contribution in [3.63, 3.8) is 0 Å². The molecule has 3 nitrogen and oxygen atoms in total. The van der Waals surface area contributed by atoms with E-state index in [4.69, 9.17) is 4.74 Å². The first-order valence-corrected chi connectivity index (χ1v) is 6.84. The van der Waals surface area contributed by atoms with Gasteiger partial charge in [-0.2, -0.15) is 0 Å². The number of hydrogen-bond donors (Lipinski definition) is 2. The van der Waals surface area contributed by atoms with Crippen molar-refractivity contribution in [1.82, 2.24) is 10.6 Å². The predicted octanol–water partition coefficient (Wildman–Crippen LogP) is 1.53. The average molecular weight is 226 g/mol. The maximum atomic E-state index is 5.58. The Hall–Kier alpha value is -0.120. The minimum Gasteiger partial charge on any atom is -0.378 e. The lowest BCUT2D eigenvalue weighted by molar-refractivity contribution is -0.0120. The Kier molecular flexibility index (Phi) is 4.22. The van der Waals surface area contributed by atoms with E-state index in [1.807, 2.05) is 0 Å². The zero-order valence-corrected chi connectivity index (χ0v) is 10.7. The lowest BCUT2D eigenvalue weighted by Gasteiger charge is -2.38. The van der Waals surface area contributed by atoms with Crippen LogP contribution in [-0.2, 0) is 4.74 Å². The highest BCUT2D eigenvalue weighted by atomic mass is 16.5. The van der Waals surface area contributed by atoms with Crippen LogP contribution in [0.5, 0.6) is 0 Å². The first-order valence-electron chi connectivity index (χ1n) is 6.84. The fourth-order valence-corrected chi connectivity index (χ4v) is 2.84. The van der Waals surface area contributed by atoms with Gasteiger partial charge >= 0.3 is 0 Å². The van der Waals surface area contributed by atoms with Crippen molar-refractivity contribution >= 4 is 0 Å². The third-order valence-corrected chi connectivity index (χ3v) is 4.35. The number of rotatable bonds is 6. The zero-order valence-electron chi connectivity index (χ0n) is 10.7. The number of hydrogen-bond acceptors (Lipinski definition) is 3. The molecule has 16 heavy (non-hydrogen) atoms. The molecule has 0 amide bonds. The third kappa shape index (κ3) is 2.76. The normalized spacial score (nSPS) is 38.6. The largest absolute Gasteiger partial charge is 0.378 e. The van der Waals surface area contributed by atoms with Gasteiger partial charge < -0.3 is 15.4 Å². The van der Waals surface area contributed by atoms with E-state index in [0.717, 1.165) is 6.61 Å². The molecule has 0 spiro atoms. The van der Waals surface area contributed by atoms with Gasteiger partial charge in [0.25, 0.3) is 0 Å². The molecule has 1 unspecified atom stereocenters. The van der Waals surface area contributed by atoms with Crippen LogP contribution in [0.1, 0.15) is 39.5 Å². The summed E-state index contributed by atoms with van der Waals surface area (Å²) in [4.78, 5) is 0. The van der Waals surface area contributed by atoms with Crippen molar-refractivity contribution in [3.05, 3.63) is 0 Å². The van der Waals surface area contributed by atoms with Gasteiger partial charge in [0.05, 0.1) is 6.10 Å². The molecule has 2 rings (SSSR count). The molecular formula is C13H26N2O. The molecule has 3 heteroatoms. The fraction of sp³-hybridized carbons (Fsp3) is 1.00. The van der Waals surface area contributed by atoms with E-state index in [1.54, 1.807) is 0 Å². The summed E-state index contributed by atoms with van der Waals surface area (Å²) in [6.07, 6.45) is 5.57. The second kappa shape index (κ2) is 5.48. The molecule has 1 saturated heterocycles. The van der Waals surface area contributed by atoms with Gasteiger partial charge in [-0.15, -0.1) is 0 Å². The molecule has 0 radical (unpaired) electrons. The Morgan fingerprint density at radius 3 is 2.75 bits per heavy atom. The predicted molar refractivity (Wildman–Crippen MR) is 66.6 cm³/mol. The molecule has 1 atom stereocenters. The Labute approximate surface area is 99.3 Å². The van der Waals surface area contributed by atoms with Crippen LogP contribution in [-0.4, -0.2) is 38.4 Å². The SMILES string of the molecule is CCOC1CC(NCC2(CC)CCNC2)C1. The topological polar surface area (TPSA) is 33.3 Å². The van der Waals surface area contributed by atoms with Gasteiger partial charge in [-0.25, -0.2) is 0 Å². The van der Waals surface area contributed by atoms with Crippen molar-refractivity contribution in [3.8, 4) is 0 Å². The maximum Gasteiger partial charge on any atom is 0.0604 e. The standard InChI is InChI=1S/C13H26N2O/c1-3-13(5-6-14-9-13)10-15-11-7-12(8-11)16-4-2/h11-12,14-15H,3-10H2,1-2H3. The second-order valence-corrected chi connectivity index (χ2v) is 5.41. The molecule has 2 fully saturated rings. The van der Waals surface area contributed by atoms with Gasteiger partial charge in [0.2, 0.25) is 0 Å². The highest BCUT2D eigenvalue weighted by Crippen LogP contribution is 2.30. The average Bonchev–Trinajstić information content (AvgIpc) is 2.71. The molecule has 94 valence electrons. The smallest absolute Gasteiger partial charge is 0.0604 e. The molecule has 0 aromatic rings. The summed E-state index contributed by atoms with van der Waals surface area (Å²) in [5.74, 6) is 0. The van der Waals surface area contributed by atoms with E-state index in [-0.39, 0.29) is 0 Å². The second-order valence-electron chi connectivity index (χ2n) is 5.41. The summed E-state index contributed by atoms with van der Waals surface area (Å²) >= 11 is 0. The highest BCUT2D eigenvalue weighted by Gasteiger charge is 2.35. The van der Waals surface area contributed by atoms with Crippen molar-refractivity contribution < 1.29 is 4.74 Å². The molecule has 0 aromatic heterocycles. The van der Waals surface area contributed by atoms with Gasteiger partial charge in [-0.1, -0.05) is 6.92 Å². The maximum absolute atomic E-state index is 5.58. The Balaban J connectivity index is 1.64. The molecule has 0 bridgehead atoms. The van der Waals surface area contributed by atoms with E-state index in [2.05, 4.69) is 24.5 Å². The minimum absolute atomic E-state index is 0.525. The summed E-state index contributed by atoms with van der Waals surface area (Å²) in [5.41, 5.74) is 0.525. The third-order valence-electron chi connectivity index (χ3n) is 4.35. The van der Waals surface area contributed by atoms with Crippen LogP contribution in [0.25, 0.3) is 0 Å². The van der Waals surface area contributed by atoms with E-state index < -0.39 is 0 Å². The molecular weight excluding hydrogens is 200 g/mol. The van der Waals surface area contributed by atoms with Crippen molar-refractivity contribution in [1.29, 1.82) is 0 Å². The molecule has 2 aliphatic rings. The molecule has 2 N–H and O–H groups in total. The van der Waals surface area contributed by atoms with Crippen LogP contribution < -0.4 is 10.6 Å². The van der Waals surface area contributed by atoms with Gasteiger partial charge in [-0.3, -0.25) is 0 Å². The van der Waals surface area contributed by atoms with Crippen molar-refractivity contribution in [2.75, 3.05) is 26.2 Å². The lowest BCUT2D eigenvalue weighted by Crippen LogP contribution is -2.49. The highest BCUT2D eigenvalue weighted by molar-refractivity contribution is 4.92. The number of nitrogens with one attached hydrogen (secondary N) is 2. The van der Waals surface area contributed by atoms with Crippen LogP contribution in [0, 0.1) is 5.41 Å². The van der Waals surface area contributed by atoms with Crippen LogP contribution in [0.4, 0.5) is 0 Å². The fourth-order valence-electron chi connectivity index (χ4n) is 2.84. The van der Waals surface area contributed by atoms with E-state index in [0.29, 0.717) is 17.6 Å². The lowest BCUT2D eigenvalue weighted by atomic mass is 9.82. The zero-order chi connectivity index (χ0) is 11.4. The first-order chi connectivity index (χ1) is 7.78. The van der Waals surface area contributed by atoms with Crippen molar-refractivity contribution in [2.45, 2.75) is 51.7 Å². The van der Waals surface area contributed by atoms with Crippen LogP contribution >= 0.6 is 0 Å². The summed E-state index contributed by atoms with van der Waals surface area (Å²) in [6.45, 7) is 8.83. The van der Waals surface area contributed by atoms with Crippen LogP contribution in [0.2, 0.25) is 0 Å². The van der Waals surface area contributed by atoms with E-state index >= 15 is 0 Å². The summed E-state index contributed by atoms with van der Waals surface area (Å²) < 4.78 is 5.58. The molecule has 1 aliphatic heterocycles. The summed E-state index contributed by atoms with van der Waals surface area (Å²) in [5, 5.41) is 7.21. The molecule has 1 saturated carbocycles. The van der Waals surface area contributed by atoms with Gasteiger partial charge in [0.1, 0.15) is 0 Å². The van der Waals surface area contributed by atoms with Crippen molar-refractivity contribution in [2.24, 2.45) is 5.41 Å². The summed E-state index contributed by atoms with van der Waals surface area (Å²) in [7, 11) is 0. The van der Waals surface area contributed by atoms with E-state index in [9.17, 15) is 0 Å². The first kappa shape index (κ1) is 12.3. The Morgan fingerprint density at radius 1 is 1.38 bits per heavy atom. The Bertz CT molecular complexity index is 208. The minimum atomic E-state index is 0.525. The number of ether oxygens (including phenoxy) is 1.